The second-order valence-electron chi connectivity index (χ2n) is 8.95. The SMILES string of the molecule is CCC(O)(CC1CC23CC14C(C)C4C2C3(C)C)C(F)(F)F. The summed E-state index contributed by atoms with van der Waals surface area (Å²) < 4.78 is 39.7. The number of rotatable bonds is 3. The first-order valence-electron chi connectivity index (χ1n) is 8.27. The molecule has 0 aliphatic heterocycles. The smallest absolute Gasteiger partial charge is 0.380 e. The van der Waals surface area contributed by atoms with Crippen LogP contribution >= 0.6 is 0 Å². The number of alkyl halides is 3. The van der Waals surface area contributed by atoms with E-state index in [-0.39, 0.29) is 24.2 Å². The third kappa shape index (κ3) is 1.24. The Morgan fingerprint density at radius 3 is 2.33 bits per heavy atom. The lowest BCUT2D eigenvalue weighted by molar-refractivity contribution is -0.268. The molecule has 1 N–H and O–H groups in total. The van der Waals surface area contributed by atoms with Crippen LogP contribution in [0.1, 0.15) is 53.4 Å². The molecular formula is C17H25F3O. The van der Waals surface area contributed by atoms with Crippen LogP contribution in [0.5, 0.6) is 0 Å². The molecule has 0 amide bonds. The average molecular weight is 302 g/mol. The van der Waals surface area contributed by atoms with Crippen molar-refractivity contribution in [2.45, 2.75) is 65.2 Å². The zero-order valence-corrected chi connectivity index (χ0v) is 13.2. The van der Waals surface area contributed by atoms with Crippen molar-refractivity contribution in [2.24, 2.45) is 39.9 Å². The fraction of sp³-hybridized carbons (Fsp3) is 1.00. The third-order valence-electron chi connectivity index (χ3n) is 8.52. The maximum absolute atomic E-state index is 13.2. The van der Waals surface area contributed by atoms with E-state index in [9.17, 15) is 18.3 Å². The molecule has 0 aromatic carbocycles. The largest absolute Gasteiger partial charge is 0.417 e. The molecule has 0 radical (unpaired) electrons. The van der Waals surface area contributed by atoms with Crippen LogP contribution in [0.25, 0.3) is 0 Å². The minimum Gasteiger partial charge on any atom is -0.380 e. The Kier molecular flexibility index (Phi) is 2.27. The molecule has 0 aromatic heterocycles. The number of hydrogen-bond donors (Lipinski definition) is 1. The molecular weight excluding hydrogens is 277 g/mol. The lowest BCUT2D eigenvalue weighted by atomic mass is 9.77. The molecule has 2 spiro atoms. The van der Waals surface area contributed by atoms with Gasteiger partial charge in [0.15, 0.2) is 5.60 Å². The van der Waals surface area contributed by atoms with E-state index in [4.69, 9.17) is 0 Å². The molecule has 0 saturated heterocycles. The van der Waals surface area contributed by atoms with Gasteiger partial charge >= 0.3 is 6.18 Å². The Bertz CT molecular complexity index is 513. The van der Waals surface area contributed by atoms with Crippen molar-refractivity contribution >= 4 is 0 Å². The summed E-state index contributed by atoms with van der Waals surface area (Å²) in [4.78, 5) is 0. The molecule has 120 valence electrons. The van der Waals surface area contributed by atoms with E-state index in [1.54, 1.807) is 0 Å². The Labute approximate surface area is 124 Å². The molecule has 4 aliphatic carbocycles. The third-order valence-corrected chi connectivity index (χ3v) is 8.52. The Balaban J connectivity index is 1.62. The number of fused-ring (bicyclic) bond motifs is 1. The van der Waals surface area contributed by atoms with Gasteiger partial charge in [0.05, 0.1) is 0 Å². The van der Waals surface area contributed by atoms with Gasteiger partial charge in [-0.05, 0) is 65.6 Å². The van der Waals surface area contributed by atoms with Crippen LogP contribution in [0.15, 0.2) is 0 Å². The van der Waals surface area contributed by atoms with Crippen LogP contribution in [0.2, 0.25) is 0 Å². The fourth-order valence-corrected chi connectivity index (χ4v) is 7.25. The van der Waals surface area contributed by atoms with Crippen LogP contribution in [-0.4, -0.2) is 16.9 Å². The van der Waals surface area contributed by atoms with E-state index in [0.717, 1.165) is 18.8 Å². The van der Waals surface area contributed by atoms with Crippen molar-refractivity contribution < 1.29 is 18.3 Å². The molecule has 7 unspecified atom stereocenters. The molecule has 21 heavy (non-hydrogen) atoms. The second kappa shape index (κ2) is 3.32. The van der Waals surface area contributed by atoms with Crippen molar-refractivity contribution in [3.8, 4) is 0 Å². The van der Waals surface area contributed by atoms with Gasteiger partial charge in [-0.25, -0.2) is 0 Å². The first-order valence-corrected chi connectivity index (χ1v) is 8.27. The average Bonchev–Trinajstić information content (AvgIpc) is 2.95. The zero-order valence-electron chi connectivity index (χ0n) is 13.2. The van der Waals surface area contributed by atoms with Crippen LogP contribution in [0.4, 0.5) is 13.2 Å². The van der Waals surface area contributed by atoms with E-state index in [1.165, 1.54) is 6.92 Å². The van der Waals surface area contributed by atoms with Gasteiger partial charge in [0.25, 0.3) is 0 Å². The summed E-state index contributed by atoms with van der Waals surface area (Å²) in [7, 11) is 0. The minimum absolute atomic E-state index is 0.0575. The highest BCUT2D eigenvalue weighted by molar-refractivity contribution is 5.41. The van der Waals surface area contributed by atoms with Crippen molar-refractivity contribution in [3.05, 3.63) is 0 Å². The first kappa shape index (κ1) is 14.3. The van der Waals surface area contributed by atoms with E-state index in [0.29, 0.717) is 22.7 Å². The Morgan fingerprint density at radius 2 is 1.86 bits per heavy atom. The lowest BCUT2D eigenvalue weighted by Crippen LogP contribution is -2.47. The Morgan fingerprint density at radius 1 is 1.24 bits per heavy atom. The molecule has 1 nitrogen and oxygen atoms in total. The molecule has 4 saturated carbocycles. The topological polar surface area (TPSA) is 20.2 Å². The van der Waals surface area contributed by atoms with Gasteiger partial charge in [0.2, 0.25) is 0 Å². The molecule has 7 atom stereocenters. The summed E-state index contributed by atoms with van der Waals surface area (Å²) in [5, 5.41) is 10.2. The molecule has 4 fully saturated rings. The summed E-state index contributed by atoms with van der Waals surface area (Å²) in [5.74, 6) is 1.97. The number of aliphatic hydroxyl groups is 1. The molecule has 4 heteroatoms. The first-order chi connectivity index (χ1) is 9.48. The molecule has 0 heterocycles. The summed E-state index contributed by atoms with van der Waals surface area (Å²) >= 11 is 0. The van der Waals surface area contributed by atoms with Gasteiger partial charge in [0, 0.05) is 0 Å². The predicted octanol–water partition coefficient (Wildman–Crippen LogP) is 4.40. The highest BCUT2D eigenvalue weighted by Crippen LogP contribution is 2.99. The number of hydrogen-bond acceptors (Lipinski definition) is 1. The van der Waals surface area contributed by atoms with Crippen molar-refractivity contribution in [3.63, 3.8) is 0 Å². The van der Waals surface area contributed by atoms with Crippen LogP contribution in [0.3, 0.4) is 0 Å². The van der Waals surface area contributed by atoms with Gasteiger partial charge in [-0.3, -0.25) is 0 Å². The lowest BCUT2D eigenvalue weighted by Gasteiger charge is -2.35. The van der Waals surface area contributed by atoms with Crippen molar-refractivity contribution in [1.29, 1.82) is 0 Å². The van der Waals surface area contributed by atoms with E-state index in [1.807, 2.05) is 0 Å². The number of halogens is 3. The van der Waals surface area contributed by atoms with E-state index in [2.05, 4.69) is 20.8 Å². The second-order valence-corrected chi connectivity index (χ2v) is 8.95. The Hall–Kier alpha value is -0.250. The fourth-order valence-electron chi connectivity index (χ4n) is 7.25. The molecule has 4 aliphatic rings. The van der Waals surface area contributed by atoms with E-state index < -0.39 is 11.8 Å². The molecule has 4 rings (SSSR count). The molecule has 2 bridgehead atoms. The standard InChI is InChI=1S/C17H25F3O/c1-5-15(21,17(18,19)20)7-10-6-14-8-16(10)9(2)11(16)12(14)13(14,3)4/h9-12,21H,5-8H2,1-4H3. The van der Waals surface area contributed by atoms with Crippen molar-refractivity contribution in [2.75, 3.05) is 0 Å². The van der Waals surface area contributed by atoms with Gasteiger partial charge in [-0.2, -0.15) is 13.2 Å². The minimum atomic E-state index is -4.51. The van der Waals surface area contributed by atoms with Gasteiger partial charge in [0.1, 0.15) is 0 Å². The van der Waals surface area contributed by atoms with Gasteiger partial charge in [-0.1, -0.05) is 27.7 Å². The maximum atomic E-state index is 13.2. The van der Waals surface area contributed by atoms with Crippen LogP contribution < -0.4 is 0 Å². The van der Waals surface area contributed by atoms with Crippen LogP contribution in [-0.2, 0) is 0 Å². The predicted molar refractivity (Wildman–Crippen MR) is 73.4 cm³/mol. The summed E-state index contributed by atoms with van der Waals surface area (Å²) in [6, 6.07) is 0. The van der Waals surface area contributed by atoms with Gasteiger partial charge in [-0.15, -0.1) is 0 Å². The quantitative estimate of drug-likeness (QED) is 0.819. The summed E-state index contributed by atoms with van der Waals surface area (Å²) in [6.45, 7) is 8.27. The molecule has 0 aromatic rings. The van der Waals surface area contributed by atoms with Gasteiger partial charge < -0.3 is 5.11 Å². The maximum Gasteiger partial charge on any atom is 0.417 e. The highest BCUT2D eigenvalue weighted by atomic mass is 19.4. The van der Waals surface area contributed by atoms with Crippen molar-refractivity contribution in [1.82, 2.24) is 0 Å². The van der Waals surface area contributed by atoms with Crippen LogP contribution in [0, 0.1) is 39.9 Å². The monoisotopic (exact) mass is 302 g/mol. The zero-order chi connectivity index (χ0) is 15.6. The normalized spacial score (nSPS) is 54.9. The highest BCUT2D eigenvalue weighted by Gasteiger charge is 2.94. The summed E-state index contributed by atoms with van der Waals surface area (Å²) in [5.41, 5.74) is -1.75. The van der Waals surface area contributed by atoms with E-state index >= 15 is 0 Å². The summed E-state index contributed by atoms with van der Waals surface area (Å²) in [6.07, 6.45) is -2.81.